The summed E-state index contributed by atoms with van der Waals surface area (Å²) < 4.78 is 2.19. The predicted octanol–water partition coefficient (Wildman–Crippen LogP) is 4.71. The molecule has 4 rings (SSSR count). The Morgan fingerprint density at radius 3 is 2.83 bits per heavy atom. The third kappa shape index (κ3) is 4.36. The Hall–Kier alpha value is -2.62. The zero-order valence-electron chi connectivity index (χ0n) is 15.7. The monoisotopic (exact) mass is 441 g/mol. The molecule has 29 heavy (non-hydrogen) atoms. The molecule has 1 amide bonds. The minimum atomic E-state index is -0.464. The molecule has 3 aromatic heterocycles. The lowest BCUT2D eigenvalue weighted by Gasteiger charge is -2.15. The molecule has 0 bridgehead atoms. The van der Waals surface area contributed by atoms with E-state index in [9.17, 15) is 4.79 Å². The lowest BCUT2D eigenvalue weighted by Crippen LogP contribution is -2.32. The van der Waals surface area contributed by atoms with Gasteiger partial charge in [0, 0.05) is 23.9 Å². The molecular weight excluding hydrogens is 422 g/mol. The first kappa shape index (κ1) is 19.7. The summed E-state index contributed by atoms with van der Waals surface area (Å²) in [6.07, 6.45) is 0.677. The van der Waals surface area contributed by atoms with E-state index < -0.39 is 6.04 Å². The number of aromatic nitrogens is 4. The van der Waals surface area contributed by atoms with Crippen molar-refractivity contribution in [2.24, 2.45) is 0 Å². The number of rotatable bonds is 7. The van der Waals surface area contributed by atoms with Crippen LogP contribution in [0.4, 0.5) is 0 Å². The maximum absolute atomic E-state index is 12.7. The van der Waals surface area contributed by atoms with Gasteiger partial charge in [-0.1, -0.05) is 36.4 Å². The van der Waals surface area contributed by atoms with Crippen LogP contribution in [0.2, 0.25) is 0 Å². The van der Waals surface area contributed by atoms with Gasteiger partial charge in [0.25, 0.3) is 0 Å². The molecule has 0 aliphatic heterocycles. The van der Waals surface area contributed by atoms with Crippen LogP contribution < -0.4 is 5.32 Å². The molecular formula is C20H19N5OS3. The Bertz CT molecular complexity index is 1140. The van der Waals surface area contributed by atoms with Crippen molar-refractivity contribution >= 4 is 40.8 Å². The van der Waals surface area contributed by atoms with Crippen LogP contribution in [0.5, 0.6) is 0 Å². The van der Waals surface area contributed by atoms with E-state index in [4.69, 9.17) is 12.2 Å². The van der Waals surface area contributed by atoms with Gasteiger partial charge < -0.3 is 5.32 Å². The van der Waals surface area contributed by atoms with Gasteiger partial charge in [-0.2, -0.15) is 5.10 Å². The number of aromatic amines is 1. The molecule has 9 heteroatoms. The van der Waals surface area contributed by atoms with Crippen LogP contribution in [-0.4, -0.2) is 32.2 Å². The van der Waals surface area contributed by atoms with Crippen LogP contribution in [0.15, 0.2) is 53.2 Å². The van der Waals surface area contributed by atoms with Crippen molar-refractivity contribution in [1.82, 2.24) is 25.1 Å². The number of carbonyl (C=O) groups is 1. The van der Waals surface area contributed by atoms with Crippen molar-refractivity contribution in [2.75, 3.05) is 6.54 Å². The van der Waals surface area contributed by atoms with Gasteiger partial charge in [0.2, 0.25) is 5.91 Å². The summed E-state index contributed by atoms with van der Waals surface area (Å²) in [4.78, 5) is 18.3. The number of H-pyrrole nitrogens is 1. The summed E-state index contributed by atoms with van der Waals surface area (Å²) in [6, 6.07) is 13.5. The summed E-state index contributed by atoms with van der Waals surface area (Å²) >= 11 is 8.52. The fourth-order valence-corrected chi connectivity index (χ4v) is 4.82. The molecule has 148 valence electrons. The number of hydrogen-bond acceptors (Lipinski definition) is 6. The van der Waals surface area contributed by atoms with E-state index >= 15 is 0 Å². The van der Waals surface area contributed by atoms with E-state index in [2.05, 4.69) is 20.5 Å². The highest BCUT2D eigenvalue weighted by atomic mass is 32.1. The molecule has 0 spiro atoms. The molecule has 2 N–H and O–H groups in total. The molecule has 3 heterocycles. The molecule has 0 fully saturated rings. The Kier molecular flexibility index (Phi) is 5.98. The first-order valence-electron chi connectivity index (χ1n) is 9.12. The molecule has 0 aliphatic carbocycles. The van der Waals surface area contributed by atoms with Gasteiger partial charge in [0.15, 0.2) is 10.6 Å². The fourth-order valence-electron chi connectivity index (χ4n) is 2.96. The van der Waals surface area contributed by atoms with Gasteiger partial charge in [-0.25, -0.2) is 4.98 Å². The van der Waals surface area contributed by atoms with Crippen molar-refractivity contribution in [3.05, 3.63) is 63.7 Å². The highest BCUT2D eigenvalue weighted by Gasteiger charge is 2.21. The molecule has 1 unspecified atom stereocenters. The Balaban J connectivity index is 1.38. The molecule has 0 aliphatic rings. The van der Waals surface area contributed by atoms with Crippen molar-refractivity contribution < 1.29 is 4.79 Å². The van der Waals surface area contributed by atoms with Crippen molar-refractivity contribution in [2.45, 2.75) is 19.4 Å². The molecule has 1 aromatic carbocycles. The quantitative estimate of drug-likeness (QED) is 0.407. The fraction of sp³-hybridized carbons (Fsp3) is 0.200. The van der Waals surface area contributed by atoms with E-state index in [0.29, 0.717) is 23.6 Å². The molecule has 0 radical (unpaired) electrons. The average Bonchev–Trinajstić information content (AvgIpc) is 3.49. The standard InChI is InChI=1S/C20H19N5OS3/c1-13(25-17(23-24-20(25)27)16-8-5-11-28-16)18(26)21-10-9-15-12-29-19(22-15)14-6-3-2-4-7-14/h2-8,11-13H,9-10H2,1H3,(H,21,26)(H,24,27). The molecule has 0 saturated carbocycles. The van der Waals surface area contributed by atoms with Crippen molar-refractivity contribution in [3.63, 3.8) is 0 Å². The van der Waals surface area contributed by atoms with Gasteiger partial charge in [0.1, 0.15) is 11.0 Å². The van der Waals surface area contributed by atoms with Crippen LogP contribution >= 0.6 is 34.9 Å². The third-order valence-corrected chi connectivity index (χ3v) is 6.56. The Morgan fingerprint density at radius 2 is 2.07 bits per heavy atom. The van der Waals surface area contributed by atoms with Crippen LogP contribution in [0.1, 0.15) is 18.7 Å². The van der Waals surface area contributed by atoms with E-state index in [0.717, 1.165) is 21.1 Å². The van der Waals surface area contributed by atoms with Crippen molar-refractivity contribution in [1.29, 1.82) is 0 Å². The summed E-state index contributed by atoms with van der Waals surface area (Å²) in [5.41, 5.74) is 2.08. The number of nitrogens with one attached hydrogen (secondary N) is 2. The zero-order valence-corrected chi connectivity index (χ0v) is 18.1. The first-order chi connectivity index (χ1) is 14.1. The average molecular weight is 442 g/mol. The number of thiophene rings is 1. The second-order valence-corrected chi connectivity index (χ2v) is 8.62. The van der Waals surface area contributed by atoms with Gasteiger partial charge in [-0.3, -0.25) is 14.5 Å². The smallest absolute Gasteiger partial charge is 0.242 e. The minimum absolute atomic E-state index is 0.0983. The normalized spacial score (nSPS) is 12.0. The molecule has 0 saturated heterocycles. The summed E-state index contributed by atoms with van der Waals surface area (Å²) in [5.74, 6) is 0.582. The lowest BCUT2D eigenvalue weighted by molar-refractivity contribution is -0.123. The summed E-state index contributed by atoms with van der Waals surface area (Å²) in [5, 5.41) is 15.1. The highest BCUT2D eigenvalue weighted by Crippen LogP contribution is 2.26. The predicted molar refractivity (Wildman–Crippen MR) is 120 cm³/mol. The van der Waals surface area contributed by atoms with Crippen LogP contribution in [0, 0.1) is 4.77 Å². The topological polar surface area (TPSA) is 75.6 Å². The second-order valence-electron chi connectivity index (χ2n) is 6.43. The van der Waals surface area contributed by atoms with Crippen LogP contribution in [-0.2, 0) is 11.2 Å². The Labute approximate surface area is 181 Å². The zero-order chi connectivity index (χ0) is 20.2. The number of carbonyl (C=O) groups excluding carboxylic acids is 1. The minimum Gasteiger partial charge on any atom is -0.354 e. The van der Waals surface area contributed by atoms with Crippen LogP contribution in [0.25, 0.3) is 21.3 Å². The van der Waals surface area contributed by atoms with E-state index in [1.54, 1.807) is 27.2 Å². The summed E-state index contributed by atoms with van der Waals surface area (Å²) in [7, 11) is 0. The van der Waals surface area contributed by atoms with E-state index in [1.807, 2.05) is 60.1 Å². The second kappa shape index (κ2) is 8.81. The van der Waals surface area contributed by atoms with Gasteiger partial charge >= 0.3 is 0 Å². The third-order valence-electron chi connectivity index (χ3n) is 4.47. The maximum atomic E-state index is 12.7. The van der Waals surface area contributed by atoms with E-state index in [-0.39, 0.29) is 5.91 Å². The largest absolute Gasteiger partial charge is 0.354 e. The number of amides is 1. The highest BCUT2D eigenvalue weighted by molar-refractivity contribution is 7.71. The lowest BCUT2D eigenvalue weighted by atomic mass is 10.2. The van der Waals surface area contributed by atoms with Gasteiger partial charge in [-0.05, 0) is 30.6 Å². The number of thiazole rings is 1. The van der Waals surface area contributed by atoms with Crippen molar-refractivity contribution in [3.8, 4) is 21.3 Å². The van der Waals surface area contributed by atoms with Gasteiger partial charge in [-0.15, -0.1) is 22.7 Å². The Morgan fingerprint density at radius 1 is 1.24 bits per heavy atom. The number of nitrogens with zero attached hydrogens (tertiary/aromatic N) is 3. The SMILES string of the molecule is CC(C(=O)NCCc1csc(-c2ccccc2)n1)n1c(-c2cccs2)n[nH]c1=S. The van der Waals surface area contributed by atoms with Crippen LogP contribution in [0.3, 0.4) is 0 Å². The molecule has 4 aromatic rings. The molecule has 6 nitrogen and oxygen atoms in total. The van der Waals surface area contributed by atoms with E-state index in [1.165, 1.54) is 0 Å². The molecule has 1 atom stereocenters. The summed E-state index contributed by atoms with van der Waals surface area (Å²) in [6.45, 7) is 2.34. The number of benzene rings is 1. The first-order valence-corrected chi connectivity index (χ1v) is 11.3. The van der Waals surface area contributed by atoms with Gasteiger partial charge in [0.05, 0.1) is 10.6 Å². The number of hydrogen-bond donors (Lipinski definition) is 2. The maximum Gasteiger partial charge on any atom is 0.242 e.